The molecular weight excluding hydrogens is 821 g/mol. The molecule has 3 aliphatic heterocycles. The van der Waals surface area contributed by atoms with E-state index in [4.69, 9.17) is 17.2 Å². The summed E-state index contributed by atoms with van der Waals surface area (Å²) in [5.74, 6) is -8.05. The van der Waals surface area contributed by atoms with Gasteiger partial charge in [-0.3, -0.25) is 43.2 Å². The van der Waals surface area contributed by atoms with Crippen molar-refractivity contribution in [1.82, 2.24) is 36.0 Å². The van der Waals surface area contributed by atoms with Crippen molar-refractivity contribution in [2.45, 2.75) is 167 Å². The van der Waals surface area contributed by atoms with E-state index in [1.54, 1.807) is 13.8 Å². The van der Waals surface area contributed by atoms with Gasteiger partial charge in [-0.2, -0.15) is 0 Å². The lowest BCUT2D eigenvalue weighted by Gasteiger charge is -2.35. The van der Waals surface area contributed by atoms with Gasteiger partial charge in [-0.05, 0) is 75.5 Å². The molecule has 3 heterocycles. The van der Waals surface area contributed by atoms with Gasteiger partial charge in [0.2, 0.25) is 53.2 Å². The van der Waals surface area contributed by atoms with Gasteiger partial charge in [0, 0.05) is 26.1 Å². The smallest absolute Gasteiger partial charge is 0.326 e. The summed E-state index contributed by atoms with van der Waals surface area (Å²) in [6, 6.07) is -9.18. The Morgan fingerprint density at radius 2 is 1.11 bits per heavy atom. The van der Waals surface area contributed by atoms with E-state index in [2.05, 4.69) is 21.3 Å². The third-order valence-corrected chi connectivity index (χ3v) is 12.0. The van der Waals surface area contributed by atoms with Gasteiger partial charge in [-0.25, -0.2) is 4.79 Å². The van der Waals surface area contributed by atoms with Crippen molar-refractivity contribution in [2.24, 2.45) is 35.0 Å². The minimum Gasteiger partial charge on any atom is -0.480 e. The molecule has 21 nitrogen and oxygen atoms in total. The summed E-state index contributed by atoms with van der Waals surface area (Å²) >= 11 is 0. The molecule has 3 fully saturated rings. The second-order valence-electron chi connectivity index (χ2n) is 18.0. The van der Waals surface area contributed by atoms with Gasteiger partial charge in [0.25, 0.3) is 0 Å². The Kier molecular flexibility index (Phi) is 19.7. The number of likely N-dealkylation sites (tertiary alicyclic amines) is 3. The van der Waals surface area contributed by atoms with Gasteiger partial charge in [-0.1, -0.05) is 48.0 Å². The van der Waals surface area contributed by atoms with Crippen LogP contribution in [0, 0.1) is 17.8 Å². The van der Waals surface area contributed by atoms with Crippen molar-refractivity contribution in [2.75, 3.05) is 19.6 Å². The average Bonchev–Trinajstić information content (AvgIpc) is 4.01. The molecule has 354 valence electrons. The first-order valence-corrected chi connectivity index (χ1v) is 22.3. The van der Waals surface area contributed by atoms with Crippen molar-refractivity contribution in [3.05, 3.63) is 0 Å². The quantitative estimate of drug-likeness (QED) is 0.0587. The summed E-state index contributed by atoms with van der Waals surface area (Å²) in [7, 11) is 0. The molecule has 0 saturated carbocycles. The zero-order valence-electron chi connectivity index (χ0n) is 37.6. The number of carbonyl (C=O) groups is 10. The van der Waals surface area contributed by atoms with Crippen molar-refractivity contribution in [1.29, 1.82) is 0 Å². The first-order valence-electron chi connectivity index (χ1n) is 22.3. The first kappa shape index (κ1) is 52.0. The molecule has 0 aliphatic carbocycles. The van der Waals surface area contributed by atoms with E-state index in [9.17, 15) is 53.1 Å². The molecule has 3 rings (SSSR count). The van der Waals surface area contributed by atoms with Crippen molar-refractivity contribution >= 4 is 59.1 Å². The van der Waals surface area contributed by atoms with Gasteiger partial charge in [0.15, 0.2) is 0 Å². The van der Waals surface area contributed by atoms with Gasteiger partial charge >= 0.3 is 5.97 Å². The molecule has 0 aromatic rings. The predicted molar refractivity (Wildman–Crippen MR) is 228 cm³/mol. The molecule has 3 saturated heterocycles. The number of nitrogens with one attached hydrogen (secondary N) is 4. The molecule has 21 heteroatoms. The Bertz CT molecular complexity index is 1710. The molecule has 0 bridgehead atoms. The van der Waals surface area contributed by atoms with E-state index < -0.39 is 120 Å². The number of carboxylic acid groups (broad SMARTS) is 1. The molecule has 0 radical (unpaired) electrons. The summed E-state index contributed by atoms with van der Waals surface area (Å²) < 4.78 is 0. The van der Waals surface area contributed by atoms with E-state index in [0.29, 0.717) is 38.5 Å². The SMILES string of the molecule is CC[C@H](C)[C@H](NC(=O)[C@H](CC(N)=O)NC(=O)[C@H](CCC(N)=O)NC(=O)[C@@H]1CCCN1C(=O)[C@@H](N)CC(C)C)C(=O)N1CCC[C@H]1C(=O)N1CCC[C@H]1C(=O)N[C@@H](CC(C)C)C(=O)O. The summed E-state index contributed by atoms with van der Waals surface area (Å²) in [4.78, 5) is 137. The van der Waals surface area contributed by atoms with Gasteiger partial charge in [0.1, 0.15) is 42.3 Å². The fourth-order valence-corrected chi connectivity index (χ4v) is 8.49. The van der Waals surface area contributed by atoms with Gasteiger partial charge < -0.3 is 58.3 Å². The molecule has 3 aliphatic rings. The highest BCUT2D eigenvalue weighted by molar-refractivity contribution is 5.99. The number of nitrogens with two attached hydrogens (primary N) is 3. The number of rotatable bonds is 23. The number of carboxylic acids is 1. The summed E-state index contributed by atoms with van der Waals surface area (Å²) in [5, 5.41) is 19.9. The maximum Gasteiger partial charge on any atom is 0.326 e. The molecule has 0 aromatic heterocycles. The van der Waals surface area contributed by atoms with E-state index >= 15 is 0 Å². The standard InChI is InChI=1S/C42H70N10O11/c1-7-24(6)34(41(61)52-18-10-13-31(52)40(60)51-17-9-12-30(51)38(58)48-28(42(62)63)20-23(4)5)49-36(56)27(21-33(45)54)47-35(55)26(14-15-32(44)53)46-37(57)29-11-8-16-50(29)39(59)25(43)19-22(2)3/h22-31,34H,7-21,43H2,1-6H3,(H2,44,53)(H2,45,54)(H,46,57)(H,47,55)(H,48,58)(H,49,56)(H,62,63)/t24-,25-,26-,27-,28-,29-,30-,31-,34-/m0/s1. The Labute approximate surface area is 369 Å². The molecular formula is C42H70N10O11. The van der Waals surface area contributed by atoms with Crippen molar-refractivity contribution < 1.29 is 53.1 Å². The van der Waals surface area contributed by atoms with Crippen LogP contribution in [0.5, 0.6) is 0 Å². The van der Waals surface area contributed by atoms with Crippen LogP contribution in [0.15, 0.2) is 0 Å². The predicted octanol–water partition coefficient (Wildman–Crippen LogP) is -1.41. The molecule has 9 amide bonds. The number of hydrogen-bond acceptors (Lipinski definition) is 11. The van der Waals surface area contributed by atoms with E-state index in [1.165, 1.54) is 14.7 Å². The lowest BCUT2D eigenvalue weighted by molar-refractivity contribution is -0.149. The maximum atomic E-state index is 14.4. The van der Waals surface area contributed by atoms with Crippen LogP contribution in [-0.2, 0) is 47.9 Å². The summed E-state index contributed by atoms with van der Waals surface area (Å²) in [6.45, 7) is 11.6. The van der Waals surface area contributed by atoms with Crippen LogP contribution in [0.25, 0.3) is 0 Å². The van der Waals surface area contributed by atoms with Crippen LogP contribution in [0.2, 0.25) is 0 Å². The normalized spacial score (nSPS) is 21.5. The zero-order valence-corrected chi connectivity index (χ0v) is 37.6. The minimum absolute atomic E-state index is 0.0167. The molecule has 9 atom stereocenters. The topological polar surface area (TPSA) is 327 Å². The average molecular weight is 891 g/mol. The van der Waals surface area contributed by atoms with Crippen LogP contribution in [0.3, 0.4) is 0 Å². The van der Waals surface area contributed by atoms with E-state index in [-0.39, 0.29) is 63.6 Å². The number of aliphatic carboxylic acids is 1. The van der Waals surface area contributed by atoms with Crippen molar-refractivity contribution in [3.63, 3.8) is 0 Å². The summed E-state index contributed by atoms with van der Waals surface area (Å²) in [5.41, 5.74) is 17.0. The van der Waals surface area contributed by atoms with E-state index in [1.807, 2.05) is 27.7 Å². The number of primary amides is 2. The highest BCUT2D eigenvalue weighted by atomic mass is 16.4. The van der Waals surface area contributed by atoms with Crippen LogP contribution in [-0.4, -0.2) is 147 Å². The second kappa shape index (κ2) is 23.9. The molecule has 0 spiro atoms. The summed E-state index contributed by atoms with van der Waals surface area (Å²) in [6.07, 6.45) is 1.94. The Morgan fingerprint density at radius 3 is 1.62 bits per heavy atom. The minimum atomic E-state index is -1.65. The molecule has 0 unspecified atom stereocenters. The number of carbonyl (C=O) groups excluding carboxylic acids is 9. The first-order chi connectivity index (χ1) is 29.6. The van der Waals surface area contributed by atoms with Crippen LogP contribution >= 0.6 is 0 Å². The Hall–Kier alpha value is -5.34. The van der Waals surface area contributed by atoms with Gasteiger partial charge in [-0.15, -0.1) is 0 Å². The maximum absolute atomic E-state index is 14.4. The molecule has 0 aromatic carbocycles. The number of hydrogen-bond donors (Lipinski definition) is 8. The highest BCUT2D eigenvalue weighted by Gasteiger charge is 2.45. The fraction of sp³-hybridized carbons (Fsp3) is 0.762. The number of amides is 9. The van der Waals surface area contributed by atoms with Crippen LogP contribution in [0.4, 0.5) is 0 Å². The number of nitrogens with zero attached hydrogens (tertiary/aromatic N) is 3. The lowest BCUT2D eigenvalue weighted by atomic mass is 9.96. The fourth-order valence-electron chi connectivity index (χ4n) is 8.49. The largest absolute Gasteiger partial charge is 0.480 e. The van der Waals surface area contributed by atoms with Crippen LogP contribution < -0.4 is 38.5 Å². The third kappa shape index (κ3) is 14.6. The van der Waals surface area contributed by atoms with Crippen LogP contribution in [0.1, 0.15) is 119 Å². The Morgan fingerprint density at radius 1 is 0.619 bits per heavy atom. The van der Waals surface area contributed by atoms with E-state index in [0.717, 1.165) is 0 Å². The van der Waals surface area contributed by atoms with Gasteiger partial charge in [0.05, 0.1) is 12.5 Å². The lowest BCUT2D eigenvalue weighted by Crippen LogP contribution is -2.61. The molecule has 63 heavy (non-hydrogen) atoms. The zero-order chi connectivity index (χ0) is 47.3. The second-order valence-corrected chi connectivity index (χ2v) is 18.0. The third-order valence-electron chi connectivity index (χ3n) is 12.0. The highest BCUT2D eigenvalue weighted by Crippen LogP contribution is 2.27. The Balaban J connectivity index is 1.80. The van der Waals surface area contributed by atoms with Crippen molar-refractivity contribution in [3.8, 4) is 0 Å². The molecule has 11 N–H and O–H groups in total. The monoisotopic (exact) mass is 891 g/mol.